The first-order valence-corrected chi connectivity index (χ1v) is 9.66. The van der Waals surface area contributed by atoms with Crippen molar-refractivity contribution in [3.05, 3.63) is 58.9 Å². The van der Waals surface area contributed by atoms with E-state index in [-0.39, 0.29) is 30.1 Å². The molecule has 0 spiro atoms. The van der Waals surface area contributed by atoms with E-state index in [0.717, 1.165) is 29.7 Å². The smallest absolute Gasteiger partial charge is 0.194 e. The second kappa shape index (κ2) is 9.03. The molecule has 0 radical (unpaired) electrons. The molecule has 1 aliphatic rings. The molecule has 1 fully saturated rings. The summed E-state index contributed by atoms with van der Waals surface area (Å²) in [6, 6.07) is 8.42. The summed E-state index contributed by atoms with van der Waals surface area (Å²) in [4.78, 5) is 12.4. The van der Waals surface area contributed by atoms with Crippen molar-refractivity contribution < 1.29 is 4.74 Å². The number of imidazole rings is 1. The van der Waals surface area contributed by atoms with Gasteiger partial charge in [0.15, 0.2) is 10.9 Å². The SMILES string of the molecule is CN=C(NCc1cn2ccsc2n1)N1CCOC(c2ccccc2C)C1.I. The highest BCUT2D eigenvalue weighted by Crippen LogP contribution is 2.25. The predicted octanol–water partition coefficient (Wildman–Crippen LogP) is 3.47. The molecule has 1 atom stereocenters. The van der Waals surface area contributed by atoms with Crippen molar-refractivity contribution in [2.24, 2.45) is 4.99 Å². The Morgan fingerprint density at radius 1 is 1.41 bits per heavy atom. The summed E-state index contributed by atoms with van der Waals surface area (Å²) in [6.45, 7) is 5.12. The second-order valence-electron chi connectivity index (χ2n) is 6.39. The van der Waals surface area contributed by atoms with Gasteiger partial charge in [0, 0.05) is 31.4 Å². The quantitative estimate of drug-likeness (QED) is 0.342. The summed E-state index contributed by atoms with van der Waals surface area (Å²) < 4.78 is 8.07. The molecule has 1 unspecified atom stereocenters. The zero-order valence-electron chi connectivity index (χ0n) is 15.5. The molecule has 144 valence electrons. The van der Waals surface area contributed by atoms with Crippen molar-refractivity contribution in [2.75, 3.05) is 26.7 Å². The van der Waals surface area contributed by atoms with Crippen LogP contribution in [-0.4, -0.2) is 47.0 Å². The Kier molecular flexibility index (Phi) is 6.72. The summed E-state index contributed by atoms with van der Waals surface area (Å²) in [5, 5.41) is 5.48. The summed E-state index contributed by atoms with van der Waals surface area (Å²) in [5.41, 5.74) is 3.53. The van der Waals surface area contributed by atoms with E-state index in [4.69, 9.17) is 4.74 Å². The van der Waals surface area contributed by atoms with Crippen molar-refractivity contribution in [3.8, 4) is 0 Å². The Hall–Kier alpha value is -1.65. The highest BCUT2D eigenvalue weighted by atomic mass is 127. The number of ether oxygens (including phenoxy) is 1. The van der Waals surface area contributed by atoms with Gasteiger partial charge in [0.05, 0.1) is 25.4 Å². The van der Waals surface area contributed by atoms with E-state index in [2.05, 4.69) is 57.6 Å². The van der Waals surface area contributed by atoms with Gasteiger partial charge in [0.1, 0.15) is 6.10 Å². The normalized spacial score (nSPS) is 17.8. The monoisotopic (exact) mass is 497 g/mol. The van der Waals surface area contributed by atoms with Gasteiger partial charge in [-0.25, -0.2) is 4.98 Å². The molecule has 1 aromatic carbocycles. The van der Waals surface area contributed by atoms with Crippen LogP contribution in [0.25, 0.3) is 4.96 Å². The van der Waals surface area contributed by atoms with Gasteiger partial charge in [-0.3, -0.25) is 9.39 Å². The lowest BCUT2D eigenvalue weighted by molar-refractivity contribution is -0.00834. The molecule has 0 aliphatic carbocycles. The number of thiazole rings is 1. The van der Waals surface area contributed by atoms with E-state index in [1.807, 2.05) is 23.0 Å². The van der Waals surface area contributed by atoms with Gasteiger partial charge in [-0.15, -0.1) is 35.3 Å². The highest BCUT2D eigenvalue weighted by Gasteiger charge is 2.25. The maximum Gasteiger partial charge on any atom is 0.194 e. The Bertz CT molecular complexity index is 893. The number of aryl methyl sites for hydroxylation is 1. The number of benzene rings is 1. The van der Waals surface area contributed by atoms with E-state index >= 15 is 0 Å². The summed E-state index contributed by atoms with van der Waals surface area (Å²) in [7, 11) is 1.83. The summed E-state index contributed by atoms with van der Waals surface area (Å²) in [6.07, 6.45) is 4.16. The van der Waals surface area contributed by atoms with Crippen molar-refractivity contribution in [2.45, 2.75) is 19.6 Å². The van der Waals surface area contributed by atoms with Crippen LogP contribution in [0.4, 0.5) is 0 Å². The molecular formula is C19H24IN5OS. The lowest BCUT2D eigenvalue weighted by Crippen LogP contribution is -2.48. The number of hydrogen-bond donors (Lipinski definition) is 1. The molecule has 2 aromatic heterocycles. The minimum atomic E-state index is 0. The predicted molar refractivity (Wildman–Crippen MR) is 120 cm³/mol. The van der Waals surface area contributed by atoms with Crippen LogP contribution in [0.15, 0.2) is 47.0 Å². The van der Waals surface area contributed by atoms with Crippen molar-refractivity contribution in [1.82, 2.24) is 19.6 Å². The lowest BCUT2D eigenvalue weighted by atomic mass is 10.0. The van der Waals surface area contributed by atoms with Gasteiger partial charge in [0.25, 0.3) is 0 Å². The number of aromatic nitrogens is 2. The third-order valence-electron chi connectivity index (χ3n) is 4.68. The van der Waals surface area contributed by atoms with Gasteiger partial charge >= 0.3 is 0 Å². The molecule has 1 aliphatic heterocycles. The number of halogens is 1. The standard InChI is InChI=1S/C19H23N5OS.HI/c1-14-5-3-4-6-16(14)17-13-23(7-9-25-17)18(20-2)21-11-15-12-24-8-10-26-19(24)22-15;/h3-6,8,10,12,17H,7,9,11,13H2,1-2H3,(H,20,21);1H. The Morgan fingerprint density at radius 3 is 3.04 bits per heavy atom. The number of nitrogens with one attached hydrogen (secondary N) is 1. The summed E-state index contributed by atoms with van der Waals surface area (Å²) >= 11 is 1.64. The van der Waals surface area contributed by atoms with Crippen LogP contribution in [0.5, 0.6) is 0 Å². The van der Waals surface area contributed by atoms with Gasteiger partial charge in [-0.1, -0.05) is 24.3 Å². The number of rotatable bonds is 3. The number of morpholine rings is 1. The molecule has 3 heterocycles. The summed E-state index contributed by atoms with van der Waals surface area (Å²) in [5.74, 6) is 0.892. The van der Waals surface area contributed by atoms with Gasteiger partial charge in [-0.05, 0) is 18.1 Å². The van der Waals surface area contributed by atoms with E-state index in [1.54, 1.807) is 11.3 Å². The van der Waals surface area contributed by atoms with Crippen LogP contribution in [0, 0.1) is 6.92 Å². The van der Waals surface area contributed by atoms with Crippen molar-refractivity contribution in [1.29, 1.82) is 0 Å². The van der Waals surface area contributed by atoms with Crippen molar-refractivity contribution >= 4 is 46.2 Å². The molecule has 4 rings (SSSR count). The number of fused-ring (bicyclic) bond motifs is 1. The molecular weight excluding hydrogens is 473 g/mol. The Morgan fingerprint density at radius 2 is 2.26 bits per heavy atom. The fraction of sp³-hybridized carbons (Fsp3) is 0.368. The molecule has 0 amide bonds. The molecule has 27 heavy (non-hydrogen) atoms. The third kappa shape index (κ3) is 4.44. The van der Waals surface area contributed by atoms with E-state index in [0.29, 0.717) is 13.2 Å². The van der Waals surface area contributed by atoms with Crippen LogP contribution in [0.2, 0.25) is 0 Å². The van der Waals surface area contributed by atoms with E-state index in [9.17, 15) is 0 Å². The zero-order valence-corrected chi connectivity index (χ0v) is 18.6. The molecule has 3 aromatic rings. The number of hydrogen-bond acceptors (Lipinski definition) is 4. The van der Waals surface area contributed by atoms with Gasteiger partial charge in [-0.2, -0.15) is 0 Å². The van der Waals surface area contributed by atoms with Crippen LogP contribution >= 0.6 is 35.3 Å². The first-order valence-electron chi connectivity index (χ1n) is 8.78. The first kappa shape index (κ1) is 20.1. The van der Waals surface area contributed by atoms with Crippen LogP contribution in [-0.2, 0) is 11.3 Å². The maximum absolute atomic E-state index is 6.02. The highest BCUT2D eigenvalue weighted by molar-refractivity contribution is 14.0. The van der Waals surface area contributed by atoms with Crippen LogP contribution in [0.1, 0.15) is 22.9 Å². The molecule has 1 saturated heterocycles. The molecule has 8 heteroatoms. The lowest BCUT2D eigenvalue weighted by Gasteiger charge is -2.35. The third-order valence-corrected chi connectivity index (χ3v) is 5.45. The number of guanidine groups is 1. The number of aliphatic imine (C=N–C) groups is 1. The van der Waals surface area contributed by atoms with Gasteiger partial charge < -0.3 is 15.0 Å². The van der Waals surface area contributed by atoms with Crippen LogP contribution in [0.3, 0.4) is 0 Å². The van der Waals surface area contributed by atoms with E-state index in [1.165, 1.54) is 11.1 Å². The largest absolute Gasteiger partial charge is 0.370 e. The average molecular weight is 497 g/mol. The second-order valence-corrected chi connectivity index (χ2v) is 7.26. The molecule has 0 saturated carbocycles. The molecule has 6 nitrogen and oxygen atoms in total. The Balaban J connectivity index is 0.00000210. The van der Waals surface area contributed by atoms with E-state index < -0.39 is 0 Å². The minimum absolute atomic E-state index is 0. The van der Waals surface area contributed by atoms with Crippen molar-refractivity contribution in [3.63, 3.8) is 0 Å². The van der Waals surface area contributed by atoms with Gasteiger partial charge in [0.2, 0.25) is 0 Å². The molecule has 0 bridgehead atoms. The topological polar surface area (TPSA) is 54.2 Å². The Labute approximate surface area is 180 Å². The number of nitrogens with zero attached hydrogens (tertiary/aromatic N) is 4. The molecule has 1 N–H and O–H groups in total. The fourth-order valence-corrected chi connectivity index (χ4v) is 4.06. The maximum atomic E-state index is 6.02. The zero-order chi connectivity index (χ0) is 17.9. The minimum Gasteiger partial charge on any atom is -0.370 e. The first-order chi connectivity index (χ1) is 12.7. The average Bonchev–Trinajstić information content (AvgIpc) is 3.25. The fourth-order valence-electron chi connectivity index (χ4n) is 3.34. The van der Waals surface area contributed by atoms with Crippen LogP contribution < -0.4 is 5.32 Å².